The highest BCUT2D eigenvalue weighted by Gasteiger charge is 2.19. The SMILES string of the molecule is Cc1ccccc1-n1ncc2c(C(C)C)nn(Cc3ccccc3Cl)c(=O)c21. The highest BCUT2D eigenvalue weighted by Crippen LogP contribution is 2.24. The second-order valence-corrected chi connectivity index (χ2v) is 7.61. The molecule has 0 radical (unpaired) electrons. The number of benzene rings is 2. The zero-order valence-electron chi connectivity index (χ0n) is 16.1. The van der Waals surface area contributed by atoms with E-state index in [9.17, 15) is 4.79 Å². The van der Waals surface area contributed by atoms with E-state index < -0.39 is 0 Å². The van der Waals surface area contributed by atoms with Crippen molar-refractivity contribution in [2.24, 2.45) is 0 Å². The van der Waals surface area contributed by atoms with Crippen LogP contribution < -0.4 is 5.56 Å². The number of nitrogens with zero attached hydrogens (tertiary/aromatic N) is 4. The summed E-state index contributed by atoms with van der Waals surface area (Å²) >= 11 is 6.31. The lowest BCUT2D eigenvalue weighted by atomic mass is 10.1. The van der Waals surface area contributed by atoms with Crippen molar-refractivity contribution in [1.29, 1.82) is 0 Å². The zero-order valence-corrected chi connectivity index (χ0v) is 16.8. The molecule has 0 aliphatic rings. The Kier molecular flexibility index (Phi) is 4.77. The van der Waals surface area contributed by atoms with Gasteiger partial charge in [0.05, 0.1) is 24.1 Å². The summed E-state index contributed by atoms with van der Waals surface area (Å²) in [5, 5.41) is 10.6. The molecule has 0 saturated carbocycles. The molecule has 0 fully saturated rings. The van der Waals surface area contributed by atoms with E-state index in [0.29, 0.717) is 17.1 Å². The van der Waals surface area contributed by atoms with Crippen LogP contribution in [0, 0.1) is 6.92 Å². The standard InChI is InChI=1S/C22H21ClN4O/c1-14(2)20-17-12-24-27(19-11-7-4-8-15(19)3)21(17)22(28)26(25-20)13-16-9-5-6-10-18(16)23/h4-12,14H,13H2,1-3H3. The molecular weight excluding hydrogens is 372 g/mol. The van der Waals surface area contributed by atoms with Crippen molar-refractivity contribution in [3.05, 3.63) is 86.9 Å². The predicted molar refractivity (Wildman–Crippen MR) is 113 cm³/mol. The van der Waals surface area contributed by atoms with Crippen molar-refractivity contribution in [3.63, 3.8) is 0 Å². The summed E-state index contributed by atoms with van der Waals surface area (Å²) in [6, 6.07) is 15.4. The van der Waals surface area contributed by atoms with Gasteiger partial charge in [-0.25, -0.2) is 9.36 Å². The van der Waals surface area contributed by atoms with Crippen molar-refractivity contribution in [2.45, 2.75) is 33.2 Å². The first-order chi connectivity index (χ1) is 13.5. The lowest BCUT2D eigenvalue weighted by Crippen LogP contribution is -2.27. The number of hydrogen-bond acceptors (Lipinski definition) is 3. The molecule has 2 heterocycles. The Morgan fingerprint density at radius 2 is 1.79 bits per heavy atom. The summed E-state index contributed by atoms with van der Waals surface area (Å²) in [5.41, 5.74) is 4.00. The van der Waals surface area contributed by atoms with Gasteiger partial charge in [0, 0.05) is 10.4 Å². The van der Waals surface area contributed by atoms with Gasteiger partial charge < -0.3 is 0 Å². The third kappa shape index (κ3) is 3.12. The number of aryl methyl sites for hydroxylation is 1. The van der Waals surface area contributed by atoms with Crippen molar-refractivity contribution in [2.75, 3.05) is 0 Å². The van der Waals surface area contributed by atoms with Gasteiger partial charge in [-0.05, 0) is 36.1 Å². The Balaban J connectivity index is 1.99. The maximum absolute atomic E-state index is 13.4. The van der Waals surface area contributed by atoms with Crippen molar-refractivity contribution in [3.8, 4) is 5.69 Å². The minimum Gasteiger partial charge on any atom is -0.265 e. The van der Waals surface area contributed by atoms with Crippen LogP contribution in [0.2, 0.25) is 5.02 Å². The quantitative estimate of drug-likeness (QED) is 0.505. The Morgan fingerprint density at radius 1 is 1.07 bits per heavy atom. The van der Waals surface area contributed by atoms with E-state index >= 15 is 0 Å². The molecule has 0 saturated heterocycles. The Morgan fingerprint density at radius 3 is 2.50 bits per heavy atom. The van der Waals surface area contributed by atoms with Crippen LogP contribution >= 0.6 is 11.6 Å². The molecule has 142 valence electrons. The molecular formula is C22H21ClN4O. The third-order valence-electron chi connectivity index (χ3n) is 4.88. The van der Waals surface area contributed by atoms with Crippen molar-refractivity contribution >= 4 is 22.5 Å². The number of fused-ring (bicyclic) bond motifs is 1. The fourth-order valence-corrected chi connectivity index (χ4v) is 3.59. The highest BCUT2D eigenvalue weighted by molar-refractivity contribution is 6.31. The molecule has 28 heavy (non-hydrogen) atoms. The molecule has 6 heteroatoms. The van der Waals surface area contributed by atoms with E-state index in [4.69, 9.17) is 11.6 Å². The molecule has 0 atom stereocenters. The van der Waals surface area contributed by atoms with Gasteiger partial charge in [-0.1, -0.05) is 61.8 Å². The molecule has 2 aromatic carbocycles. The van der Waals surface area contributed by atoms with E-state index in [0.717, 1.165) is 27.9 Å². The summed E-state index contributed by atoms with van der Waals surface area (Å²) in [6.45, 7) is 6.46. The summed E-state index contributed by atoms with van der Waals surface area (Å²) in [5.74, 6) is 0.148. The van der Waals surface area contributed by atoms with Crippen LogP contribution in [0.4, 0.5) is 0 Å². The van der Waals surface area contributed by atoms with Gasteiger partial charge in [-0.15, -0.1) is 0 Å². The van der Waals surface area contributed by atoms with Crippen LogP contribution in [0.5, 0.6) is 0 Å². The second-order valence-electron chi connectivity index (χ2n) is 7.20. The molecule has 0 bridgehead atoms. The van der Waals surface area contributed by atoms with E-state index in [-0.39, 0.29) is 11.5 Å². The lowest BCUT2D eigenvalue weighted by molar-refractivity contribution is 0.612. The first-order valence-corrected chi connectivity index (χ1v) is 9.63. The minimum absolute atomic E-state index is 0.148. The Hall–Kier alpha value is -2.92. The zero-order chi connectivity index (χ0) is 19.8. The highest BCUT2D eigenvalue weighted by atomic mass is 35.5. The molecule has 2 aromatic heterocycles. The van der Waals surface area contributed by atoms with E-state index in [1.54, 1.807) is 10.9 Å². The van der Waals surface area contributed by atoms with Gasteiger partial charge in [0.1, 0.15) is 5.52 Å². The van der Waals surface area contributed by atoms with Crippen LogP contribution in [0.1, 0.15) is 36.6 Å². The van der Waals surface area contributed by atoms with Gasteiger partial charge in [-0.2, -0.15) is 10.2 Å². The number of aromatic nitrogens is 4. The van der Waals surface area contributed by atoms with Crippen molar-refractivity contribution in [1.82, 2.24) is 19.6 Å². The average Bonchev–Trinajstić information content (AvgIpc) is 3.11. The van der Waals surface area contributed by atoms with Crippen LogP contribution in [0.25, 0.3) is 16.6 Å². The number of rotatable bonds is 4. The van der Waals surface area contributed by atoms with Gasteiger partial charge in [0.25, 0.3) is 5.56 Å². The average molecular weight is 393 g/mol. The predicted octanol–water partition coefficient (Wildman–Crippen LogP) is 4.72. The van der Waals surface area contributed by atoms with E-state index in [1.807, 2.05) is 55.5 Å². The normalized spacial score (nSPS) is 11.5. The van der Waals surface area contributed by atoms with E-state index in [2.05, 4.69) is 24.0 Å². The van der Waals surface area contributed by atoms with Gasteiger partial charge in [0.15, 0.2) is 0 Å². The second kappa shape index (κ2) is 7.24. The van der Waals surface area contributed by atoms with Crippen LogP contribution in [0.15, 0.2) is 59.5 Å². The lowest BCUT2D eigenvalue weighted by Gasteiger charge is -2.13. The van der Waals surface area contributed by atoms with Crippen molar-refractivity contribution < 1.29 is 0 Å². The number of halogens is 1. The first-order valence-electron chi connectivity index (χ1n) is 9.25. The molecule has 4 rings (SSSR count). The van der Waals surface area contributed by atoms with Gasteiger partial charge in [0.2, 0.25) is 0 Å². The maximum atomic E-state index is 13.4. The molecule has 0 unspecified atom stereocenters. The van der Waals surface area contributed by atoms with E-state index in [1.165, 1.54) is 4.68 Å². The molecule has 5 nitrogen and oxygen atoms in total. The Labute approximate surface area is 168 Å². The molecule has 0 amide bonds. The summed E-state index contributed by atoms with van der Waals surface area (Å²) in [6.07, 6.45) is 1.74. The molecule has 0 spiro atoms. The van der Waals surface area contributed by atoms with Crippen LogP contribution in [0.3, 0.4) is 0 Å². The molecule has 4 aromatic rings. The first kappa shape index (κ1) is 18.4. The molecule has 0 N–H and O–H groups in total. The van der Waals surface area contributed by atoms with Gasteiger partial charge >= 0.3 is 0 Å². The smallest absolute Gasteiger partial charge is 0.265 e. The van der Waals surface area contributed by atoms with Crippen LogP contribution in [-0.2, 0) is 6.54 Å². The minimum atomic E-state index is -0.180. The Bertz CT molecular complexity index is 1220. The summed E-state index contributed by atoms with van der Waals surface area (Å²) < 4.78 is 3.22. The molecule has 0 aliphatic heterocycles. The monoisotopic (exact) mass is 392 g/mol. The third-order valence-corrected chi connectivity index (χ3v) is 5.25. The fraction of sp³-hybridized carbons (Fsp3) is 0.227. The maximum Gasteiger partial charge on any atom is 0.293 e. The number of hydrogen-bond donors (Lipinski definition) is 0. The van der Waals surface area contributed by atoms with Gasteiger partial charge in [-0.3, -0.25) is 4.79 Å². The summed E-state index contributed by atoms with van der Waals surface area (Å²) in [7, 11) is 0. The fourth-order valence-electron chi connectivity index (χ4n) is 3.40. The van der Waals surface area contributed by atoms with Crippen LogP contribution in [-0.4, -0.2) is 19.6 Å². The number of para-hydroxylation sites is 1. The topological polar surface area (TPSA) is 52.7 Å². The summed E-state index contributed by atoms with van der Waals surface area (Å²) in [4.78, 5) is 13.4. The largest absolute Gasteiger partial charge is 0.293 e. The molecule has 0 aliphatic carbocycles.